The van der Waals surface area contributed by atoms with Crippen LogP contribution in [0.25, 0.3) is 0 Å². The zero-order chi connectivity index (χ0) is 14.4. The van der Waals surface area contributed by atoms with Crippen molar-refractivity contribution in [3.05, 3.63) is 21.9 Å². The van der Waals surface area contributed by atoms with Crippen LogP contribution < -0.4 is 0 Å². The van der Waals surface area contributed by atoms with Gasteiger partial charge in [0.2, 0.25) is 5.91 Å². The minimum absolute atomic E-state index is 0.0404. The van der Waals surface area contributed by atoms with Gasteiger partial charge in [-0.2, -0.15) is 0 Å². The molecule has 0 saturated heterocycles. The third kappa shape index (κ3) is 4.70. The number of aliphatic hydroxyl groups excluding tert-OH is 1. The quantitative estimate of drug-likeness (QED) is 0.859. The lowest BCUT2D eigenvalue weighted by Gasteiger charge is -2.23. The van der Waals surface area contributed by atoms with Gasteiger partial charge in [0.1, 0.15) is 6.61 Å². The summed E-state index contributed by atoms with van der Waals surface area (Å²) in [5.74, 6) is 6.05. The van der Waals surface area contributed by atoms with Crippen molar-refractivity contribution >= 4 is 17.2 Å². The summed E-state index contributed by atoms with van der Waals surface area (Å²) >= 11 is 1.59. The minimum atomic E-state index is -0.129. The fourth-order valence-electron chi connectivity index (χ4n) is 1.62. The van der Waals surface area contributed by atoms with Crippen molar-refractivity contribution in [3.63, 3.8) is 0 Å². The van der Waals surface area contributed by atoms with Crippen LogP contribution in [0.1, 0.15) is 31.2 Å². The summed E-state index contributed by atoms with van der Waals surface area (Å²) in [4.78, 5) is 15.0. The predicted molar refractivity (Wildman–Crippen MR) is 78.8 cm³/mol. The first kappa shape index (κ1) is 15.7. The second-order valence-corrected chi connectivity index (χ2v) is 5.98. The van der Waals surface area contributed by atoms with E-state index in [0.29, 0.717) is 12.5 Å². The number of hydrogen-bond donors (Lipinski definition) is 1. The first-order valence-corrected chi connectivity index (χ1v) is 7.25. The fourth-order valence-corrected chi connectivity index (χ4v) is 2.48. The van der Waals surface area contributed by atoms with Gasteiger partial charge in [0.25, 0.3) is 0 Å². The standard InChI is InChI=1S/C15H21NO2S/c1-11(2)12(3)15(18)16(4)9-14-8-13(10-19-14)6-5-7-17/h8,10-12,17H,7,9H2,1-4H3. The van der Waals surface area contributed by atoms with Gasteiger partial charge in [-0.25, -0.2) is 0 Å². The minimum Gasteiger partial charge on any atom is -0.384 e. The predicted octanol–water partition coefficient (Wildman–Crippen LogP) is 2.34. The lowest BCUT2D eigenvalue weighted by molar-refractivity contribution is -0.135. The Hall–Kier alpha value is -1.31. The highest BCUT2D eigenvalue weighted by atomic mass is 32.1. The van der Waals surface area contributed by atoms with Crippen molar-refractivity contribution in [2.75, 3.05) is 13.7 Å². The molecule has 1 aromatic heterocycles. The topological polar surface area (TPSA) is 40.5 Å². The molecule has 1 atom stereocenters. The van der Waals surface area contributed by atoms with E-state index < -0.39 is 0 Å². The van der Waals surface area contributed by atoms with Crippen molar-refractivity contribution in [2.45, 2.75) is 27.3 Å². The van der Waals surface area contributed by atoms with Crippen LogP contribution in [0.2, 0.25) is 0 Å². The smallest absolute Gasteiger partial charge is 0.225 e. The Morgan fingerprint density at radius 1 is 1.47 bits per heavy atom. The average Bonchev–Trinajstić information content (AvgIpc) is 2.81. The van der Waals surface area contributed by atoms with Gasteiger partial charge in [0.15, 0.2) is 0 Å². The van der Waals surface area contributed by atoms with Crippen LogP contribution in [0.3, 0.4) is 0 Å². The molecule has 0 aliphatic heterocycles. The van der Waals surface area contributed by atoms with Gasteiger partial charge in [-0.15, -0.1) is 11.3 Å². The lowest BCUT2D eigenvalue weighted by atomic mass is 9.97. The van der Waals surface area contributed by atoms with E-state index in [1.54, 1.807) is 16.2 Å². The molecule has 4 heteroatoms. The largest absolute Gasteiger partial charge is 0.384 e. The Morgan fingerprint density at radius 3 is 2.74 bits per heavy atom. The van der Waals surface area contributed by atoms with Crippen LogP contribution in [-0.4, -0.2) is 29.6 Å². The summed E-state index contributed by atoms with van der Waals surface area (Å²) in [5.41, 5.74) is 0.895. The Labute approximate surface area is 119 Å². The molecular formula is C15H21NO2S. The maximum atomic E-state index is 12.1. The molecule has 3 nitrogen and oxygen atoms in total. The van der Waals surface area contributed by atoms with E-state index in [2.05, 4.69) is 25.7 Å². The molecule has 104 valence electrons. The lowest BCUT2D eigenvalue weighted by Crippen LogP contribution is -2.33. The van der Waals surface area contributed by atoms with Crippen molar-refractivity contribution in [1.82, 2.24) is 4.90 Å². The van der Waals surface area contributed by atoms with Gasteiger partial charge in [-0.05, 0) is 12.0 Å². The number of aliphatic hydroxyl groups is 1. The van der Waals surface area contributed by atoms with Gasteiger partial charge in [-0.1, -0.05) is 32.6 Å². The Kier molecular flexibility index (Phi) is 6.07. The summed E-state index contributed by atoms with van der Waals surface area (Å²) in [5, 5.41) is 10.6. The van der Waals surface area contributed by atoms with E-state index in [1.165, 1.54) is 0 Å². The first-order valence-electron chi connectivity index (χ1n) is 6.37. The van der Waals surface area contributed by atoms with E-state index in [0.717, 1.165) is 10.4 Å². The molecule has 0 aromatic carbocycles. The molecule has 1 N–H and O–H groups in total. The van der Waals surface area contributed by atoms with E-state index >= 15 is 0 Å². The highest BCUT2D eigenvalue weighted by Crippen LogP contribution is 2.18. The van der Waals surface area contributed by atoms with Gasteiger partial charge in [0.05, 0.1) is 6.54 Å². The molecule has 1 amide bonds. The second-order valence-electron chi connectivity index (χ2n) is 4.99. The van der Waals surface area contributed by atoms with Crippen LogP contribution in [0.15, 0.2) is 11.4 Å². The van der Waals surface area contributed by atoms with E-state index in [9.17, 15) is 4.79 Å². The van der Waals surface area contributed by atoms with Crippen LogP contribution in [0.4, 0.5) is 0 Å². The summed E-state index contributed by atoms with van der Waals surface area (Å²) in [6.07, 6.45) is 0. The molecule has 0 saturated carbocycles. The number of thiophene rings is 1. The first-order chi connectivity index (χ1) is 8.95. The van der Waals surface area contributed by atoms with Gasteiger partial charge in [0, 0.05) is 28.8 Å². The SMILES string of the molecule is CC(C)C(C)C(=O)N(C)Cc1cc(C#CCO)cs1. The summed E-state index contributed by atoms with van der Waals surface area (Å²) in [6, 6.07) is 1.97. The third-order valence-corrected chi connectivity index (χ3v) is 4.05. The maximum absolute atomic E-state index is 12.1. The van der Waals surface area contributed by atoms with E-state index in [-0.39, 0.29) is 18.4 Å². The Morgan fingerprint density at radius 2 is 2.16 bits per heavy atom. The Balaban J connectivity index is 2.64. The molecule has 1 heterocycles. The molecule has 0 fully saturated rings. The number of amides is 1. The van der Waals surface area contributed by atoms with Crippen molar-refractivity contribution in [3.8, 4) is 11.8 Å². The molecule has 0 aliphatic carbocycles. The zero-order valence-corrected chi connectivity index (χ0v) is 12.8. The summed E-state index contributed by atoms with van der Waals surface area (Å²) in [7, 11) is 1.83. The number of hydrogen-bond acceptors (Lipinski definition) is 3. The van der Waals surface area contributed by atoms with E-state index in [4.69, 9.17) is 5.11 Å². The monoisotopic (exact) mass is 279 g/mol. The molecule has 0 spiro atoms. The van der Waals surface area contributed by atoms with Gasteiger partial charge in [-0.3, -0.25) is 4.79 Å². The molecule has 19 heavy (non-hydrogen) atoms. The average molecular weight is 279 g/mol. The van der Waals surface area contributed by atoms with Crippen LogP contribution in [-0.2, 0) is 11.3 Å². The van der Waals surface area contributed by atoms with E-state index in [1.807, 2.05) is 25.4 Å². The second kappa shape index (κ2) is 7.32. The van der Waals surface area contributed by atoms with Crippen LogP contribution in [0, 0.1) is 23.7 Å². The molecule has 1 rings (SSSR count). The highest BCUT2D eigenvalue weighted by molar-refractivity contribution is 7.10. The zero-order valence-electron chi connectivity index (χ0n) is 11.9. The molecule has 1 unspecified atom stereocenters. The third-order valence-electron chi connectivity index (χ3n) is 3.12. The number of carbonyl (C=O) groups excluding carboxylic acids is 1. The molecule has 0 bridgehead atoms. The normalized spacial score (nSPS) is 11.9. The Bertz CT molecular complexity index is 482. The number of nitrogens with zero attached hydrogens (tertiary/aromatic N) is 1. The highest BCUT2D eigenvalue weighted by Gasteiger charge is 2.20. The van der Waals surface area contributed by atoms with Crippen LogP contribution >= 0.6 is 11.3 Å². The van der Waals surface area contributed by atoms with Gasteiger partial charge >= 0.3 is 0 Å². The molecule has 0 radical (unpaired) electrons. The molecular weight excluding hydrogens is 258 g/mol. The van der Waals surface area contributed by atoms with Crippen molar-refractivity contribution < 1.29 is 9.90 Å². The van der Waals surface area contributed by atoms with Crippen LogP contribution in [0.5, 0.6) is 0 Å². The summed E-state index contributed by atoms with van der Waals surface area (Å²) < 4.78 is 0. The maximum Gasteiger partial charge on any atom is 0.225 e. The molecule has 0 aliphatic rings. The van der Waals surface area contributed by atoms with Crippen molar-refractivity contribution in [1.29, 1.82) is 0 Å². The number of rotatable bonds is 4. The fraction of sp³-hybridized carbons (Fsp3) is 0.533. The number of carbonyl (C=O) groups is 1. The van der Waals surface area contributed by atoms with Gasteiger partial charge < -0.3 is 10.0 Å². The molecule has 1 aromatic rings. The van der Waals surface area contributed by atoms with Crippen molar-refractivity contribution in [2.24, 2.45) is 11.8 Å². The summed E-state index contributed by atoms with van der Waals surface area (Å²) in [6.45, 7) is 6.57.